The Bertz CT molecular complexity index is 441. The zero-order valence-corrected chi connectivity index (χ0v) is 12.7. The molecule has 1 rings (SSSR count). The highest BCUT2D eigenvalue weighted by Crippen LogP contribution is 2.10. The molecule has 0 aliphatic heterocycles. The van der Waals surface area contributed by atoms with Crippen molar-refractivity contribution in [1.82, 2.24) is 4.98 Å². The number of ether oxygens (including phenoxy) is 1. The highest BCUT2D eigenvalue weighted by Gasteiger charge is 2.14. The van der Waals surface area contributed by atoms with E-state index in [9.17, 15) is 9.59 Å². The molecule has 1 unspecified atom stereocenters. The SMILES string of the molecule is COCC(N)C(=O)Nc1cc(Br)c[nH]c1=O.Cl.Cl. The highest BCUT2D eigenvalue weighted by molar-refractivity contribution is 9.10. The molecular formula is C9H14BrCl2N3O3. The first kappa shape index (κ1) is 19.7. The number of aromatic nitrogens is 1. The second-order valence-corrected chi connectivity index (χ2v) is 4.03. The van der Waals surface area contributed by atoms with Crippen LogP contribution in [0.2, 0.25) is 0 Å². The number of methoxy groups -OCH3 is 1. The van der Waals surface area contributed by atoms with Crippen LogP contribution in [-0.4, -0.2) is 30.6 Å². The second-order valence-electron chi connectivity index (χ2n) is 3.11. The van der Waals surface area contributed by atoms with Gasteiger partial charge in [-0.25, -0.2) is 0 Å². The summed E-state index contributed by atoms with van der Waals surface area (Å²) in [7, 11) is 1.44. The van der Waals surface area contributed by atoms with E-state index in [1.54, 1.807) is 0 Å². The van der Waals surface area contributed by atoms with E-state index in [2.05, 4.69) is 26.2 Å². The van der Waals surface area contributed by atoms with Crippen LogP contribution in [0.4, 0.5) is 5.69 Å². The number of hydrogen-bond donors (Lipinski definition) is 3. The van der Waals surface area contributed by atoms with Crippen molar-refractivity contribution in [1.29, 1.82) is 0 Å². The number of hydrogen-bond acceptors (Lipinski definition) is 4. The van der Waals surface area contributed by atoms with E-state index in [-0.39, 0.29) is 42.7 Å². The molecule has 1 aromatic heterocycles. The third-order valence-electron chi connectivity index (χ3n) is 1.81. The number of aromatic amines is 1. The molecule has 18 heavy (non-hydrogen) atoms. The van der Waals surface area contributed by atoms with Crippen molar-refractivity contribution >= 4 is 52.3 Å². The summed E-state index contributed by atoms with van der Waals surface area (Å²) in [5.41, 5.74) is 5.26. The number of anilines is 1. The van der Waals surface area contributed by atoms with Crippen molar-refractivity contribution in [2.24, 2.45) is 5.73 Å². The molecule has 104 valence electrons. The molecule has 0 saturated heterocycles. The first-order valence-electron chi connectivity index (χ1n) is 4.48. The van der Waals surface area contributed by atoms with E-state index in [1.807, 2.05) is 0 Å². The molecule has 4 N–H and O–H groups in total. The Morgan fingerprint density at radius 3 is 2.78 bits per heavy atom. The van der Waals surface area contributed by atoms with Crippen LogP contribution >= 0.6 is 40.7 Å². The minimum absolute atomic E-state index is 0. The number of carbonyl (C=O) groups excluding carboxylic acids is 1. The van der Waals surface area contributed by atoms with Gasteiger partial charge in [-0.15, -0.1) is 24.8 Å². The van der Waals surface area contributed by atoms with Gasteiger partial charge in [0.2, 0.25) is 5.91 Å². The maximum atomic E-state index is 11.5. The highest BCUT2D eigenvalue weighted by atomic mass is 79.9. The smallest absolute Gasteiger partial charge is 0.271 e. The number of halogens is 3. The average molecular weight is 363 g/mol. The van der Waals surface area contributed by atoms with Crippen LogP contribution in [0.5, 0.6) is 0 Å². The van der Waals surface area contributed by atoms with Crippen LogP contribution in [-0.2, 0) is 9.53 Å². The molecule has 0 aliphatic carbocycles. The Hall–Kier alpha value is -0.600. The Morgan fingerprint density at radius 2 is 2.22 bits per heavy atom. The maximum absolute atomic E-state index is 11.5. The van der Waals surface area contributed by atoms with Crippen LogP contribution in [0.1, 0.15) is 0 Å². The predicted molar refractivity (Wildman–Crippen MR) is 77.7 cm³/mol. The summed E-state index contributed by atoms with van der Waals surface area (Å²) >= 11 is 3.18. The first-order chi connectivity index (χ1) is 7.54. The van der Waals surface area contributed by atoms with Crippen molar-refractivity contribution in [2.45, 2.75) is 6.04 Å². The molecular weight excluding hydrogens is 349 g/mol. The maximum Gasteiger partial charge on any atom is 0.271 e. The van der Waals surface area contributed by atoms with Gasteiger partial charge in [-0.05, 0) is 22.0 Å². The Labute approximate surface area is 125 Å². The van der Waals surface area contributed by atoms with Gasteiger partial charge in [0.15, 0.2) is 0 Å². The Kier molecular flexibility index (Phi) is 10.2. The molecule has 1 amide bonds. The molecule has 0 fully saturated rings. The molecule has 0 aliphatic rings. The quantitative estimate of drug-likeness (QED) is 0.741. The van der Waals surface area contributed by atoms with Gasteiger partial charge in [-0.3, -0.25) is 9.59 Å². The minimum Gasteiger partial charge on any atom is -0.383 e. The summed E-state index contributed by atoms with van der Waals surface area (Å²) in [6.07, 6.45) is 1.48. The van der Waals surface area contributed by atoms with Crippen LogP contribution in [0.3, 0.4) is 0 Å². The van der Waals surface area contributed by atoms with Gasteiger partial charge in [0.05, 0.1) is 6.61 Å². The number of rotatable bonds is 4. The Morgan fingerprint density at radius 1 is 1.61 bits per heavy atom. The molecule has 0 aromatic carbocycles. The van der Waals surface area contributed by atoms with Crippen molar-refractivity contribution in [3.8, 4) is 0 Å². The number of amides is 1. The van der Waals surface area contributed by atoms with Gasteiger partial charge in [0.1, 0.15) is 11.7 Å². The second kappa shape index (κ2) is 9.35. The minimum atomic E-state index is -0.802. The summed E-state index contributed by atoms with van der Waals surface area (Å²) in [5, 5.41) is 2.42. The number of carbonyl (C=O) groups is 1. The van der Waals surface area contributed by atoms with Gasteiger partial charge in [-0.1, -0.05) is 0 Å². The van der Waals surface area contributed by atoms with E-state index in [0.29, 0.717) is 4.47 Å². The summed E-state index contributed by atoms with van der Waals surface area (Å²) in [6, 6.07) is 0.694. The number of nitrogens with one attached hydrogen (secondary N) is 2. The van der Waals surface area contributed by atoms with Crippen LogP contribution < -0.4 is 16.6 Å². The third-order valence-corrected chi connectivity index (χ3v) is 2.27. The molecule has 9 heteroatoms. The van der Waals surface area contributed by atoms with Crippen molar-refractivity contribution in [2.75, 3.05) is 19.0 Å². The summed E-state index contributed by atoms with van der Waals surface area (Å²) in [5.74, 6) is -0.467. The molecule has 6 nitrogen and oxygen atoms in total. The fourth-order valence-corrected chi connectivity index (χ4v) is 1.37. The topological polar surface area (TPSA) is 97.2 Å². The van der Waals surface area contributed by atoms with Crippen LogP contribution in [0.25, 0.3) is 0 Å². The number of H-pyrrole nitrogens is 1. The zero-order valence-electron chi connectivity index (χ0n) is 9.44. The first-order valence-corrected chi connectivity index (χ1v) is 5.27. The largest absolute Gasteiger partial charge is 0.383 e. The fourth-order valence-electron chi connectivity index (χ4n) is 1.03. The number of nitrogens with two attached hydrogens (primary N) is 1. The number of pyridine rings is 1. The van der Waals surface area contributed by atoms with Crippen LogP contribution in [0.15, 0.2) is 21.5 Å². The summed E-state index contributed by atoms with van der Waals surface area (Å²) in [4.78, 5) is 25.3. The van der Waals surface area contributed by atoms with E-state index in [1.165, 1.54) is 19.4 Å². The van der Waals surface area contributed by atoms with Gasteiger partial charge in [0, 0.05) is 17.8 Å². The molecule has 0 radical (unpaired) electrons. The van der Waals surface area contributed by atoms with Crippen molar-refractivity contribution in [3.05, 3.63) is 27.1 Å². The van der Waals surface area contributed by atoms with Crippen molar-refractivity contribution < 1.29 is 9.53 Å². The van der Waals surface area contributed by atoms with E-state index in [4.69, 9.17) is 10.5 Å². The predicted octanol–water partition coefficient (Wildman–Crippen LogP) is 0.893. The molecule has 0 saturated carbocycles. The van der Waals surface area contributed by atoms with E-state index in [0.717, 1.165) is 0 Å². The summed E-state index contributed by atoms with van der Waals surface area (Å²) in [6.45, 7) is 0.0950. The van der Waals surface area contributed by atoms with Crippen LogP contribution in [0, 0.1) is 0 Å². The molecule has 1 aromatic rings. The molecule has 0 bridgehead atoms. The van der Waals surface area contributed by atoms with Gasteiger partial charge in [-0.2, -0.15) is 0 Å². The van der Waals surface area contributed by atoms with Gasteiger partial charge < -0.3 is 20.8 Å². The zero-order chi connectivity index (χ0) is 12.1. The third kappa shape index (κ3) is 5.83. The monoisotopic (exact) mass is 361 g/mol. The molecule has 1 atom stereocenters. The normalized spacial score (nSPS) is 10.8. The lowest BCUT2D eigenvalue weighted by atomic mass is 10.3. The van der Waals surface area contributed by atoms with E-state index < -0.39 is 11.9 Å². The van der Waals surface area contributed by atoms with Gasteiger partial charge in [0.25, 0.3) is 5.56 Å². The lowest BCUT2D eigenvalue weighted by Gasteiger charge is -2.10. The fraction of sp³-hybridized carbons (Fsp3) is 0.333. The van der Waals surface area contributed by atoms with E-state index >= 15 is 0 Å². The standard InChI is InChI=1S/C9H12BrN3O3.2ClH/c1-16-4-6(11)8(14)13-7-2-5(10)3-12-9(7)15;;/h2-3,6H,4,11H2,1H3,(H,12,15)(H,13,14);2*1H. The lowest BCUT2D eigenvalue weighted by Crippen LogP contribution is -2.40. The lowest BCUT2D eigenvalue weighted by molar-refractivity contribution is -0.118. The molecule has 1 heterocycles. The van der Waals surface area contributed by atoms with Gasteiger partial charge >= 0.3 is 0 Å². The average Bonchev–Trinajstić information content (AvgIpc) is 2.23. The molecule has 0 spiro atoms. The Balaban J connectivity index is 0. The summed E-state index contributed by atoms with van der Waals surface area (Å²) < 4.78 is 5.39. The van der Waals surface area contributed by atoms with Crippen molar-refractivity contribution in [3.63, 3.8) is 0 Å².